The molecule has 0 bridgehead atoms. The number of ether oxygens (including phenoxy) is 2. The molecule has 58 heavy (non-hydrogen) atoms. The first-order chi connectivity index (χ1) is 27.3. The lowest BCUT2D eigenvalue weighted by Crippen LogP contribution is -2.55. The van der Waals surface area contributed by atoms with Crippen LogP contribution < -0.4 is 18.1 Å². The van der Waals surface area contributed by atoms with Crippen LogP contribution in [0.5, 0.6) is 11.5 Å². The number of benzene rings is 4. The van der Waals surface area contributed by atoms with Crippen molar-refractivity contribution in [1.82, 2.24) is 9.80 Å². The van der Waals surface area contributed by atoms with Crippen LogP contribution in [0.4, 0.5) is 22.7 Å². The van der Waals surface area contributed by atoms with Crippen LogP contribution in [0.15, 0.2) is 82.6 Å². The average molecular weight is 880 g/mol. The third-order valence-corrected chi connectivity index (χ3v) is 13.3. The molecule has 1 fully saturated rings. The van der Waals surface area contributed by atoms with Crippen LogP contribution in [0, 0.1) is 34.1 Å². The number of hydrogen-bond donors (Lipinski definition) is 0. The van der Waals surface area contributed by atoms with Gasteiger partial charge in [0, 0.05) is 59.5 Å². The minimum Gasteiger partial charge on any atom is -0.495 e. The van der Waals surface area contributed by atoms with Crippen molar-refractivity contribution in [3.63, 3.8) is 0 Å². The lowest BCUT2D eigenvalue weighted by Gasteiger charge is -2.37. The number of piperazine rings is 1. The van der Waals surface area contributed by atoms with Crippen molar-refractivity contribution in [2.45, 2.75) is 23.6 Å². The number of methoxy groups -OCH3 is 2. The number of halogens is 2. The Morgan fingerprint density at radius 1 is 0.638 bits per heavy atom. The van der Waals surface area contributed by atoms with Crippen molar-refractivity contribution in [2.24, 2.45) is 0 Å². The lowest BCUT2D eigenvalue weighted by atomic mass is 10.2. The van der Waals surface area contributed by atoms with E-state index in [0.717, 1.165) is 20.7 Å². The van der Waals surface area contributed by atoms with Crippen LogP contribution in [0.3, 0.4) is 0 Å². The molecule has 1 heterocycles. The Labute approximate surface area is 343 Å². The number of sulfonamides is 2. The van der Waals surface area contributed by atoms with E-state index in [0.29, 0.717) is 0 Å². The number of aryl methyl sites for hydroxylation is 2. The second kappa shape index (κ2) is 17.4. The smallest absolute Gasteiger partial charge is 0.273 e. The monoisotopic (exact) mass is 878 g/mol. The quantitative estimate of drug-likeness (QED) is 0.118. The van der Waals surface area contributed by atoms with Crippen LogP contribution in [0.25, 0.3) is 0 Å². The SMILES string of the molecule is COc1ccc(Cl)cc1N(CC(=O)N1CCN(C(=O)CN(c2cc(Cl)ccc2OC)S(=O)(=O)c2ccc(C)c([N+](=O)[O-])c2)CC1)S(=O)(=O)c1ccc(C)c([N+](=O)[O-])c1. The predicted octanol–water partition coefficient (Wildman–Crippen LogP) is 5.21. The molecule has 308 valence electrons. The number of anilines is 2. The summed E-state index contributed by atoms with van der Waals surface area (Å²) >= 11 is 12.5. The topological polar surface area (TPSA) is 220 Å². The first kappa shape index (κ1) is 43.4. The number of amides is 2. The molecule has 1 saturated heterocycles. The van der Waals surface area contributed by atoms with Gasteiger partial charge in [0.05, 0.1) is 45.2 Å². The first-order valence-electron chi connectivity index (χ1n) is 17.1. The highest BCUT2D eigenvalue weighted by atomic mass is 35.5. The van der Waals surface area contributed by atoms with Gasteiger partial charge in [-0.3, -0.25) is 38.4 Å². The van der Waals surface area contributed by atoms with Gasteiger partial charge in [0.15, 0.2) is 0 Å². The van der Waals surface area contributed by atoms with E-state index < -0.39 is 76.0 Å². The standard InChI is InChI=1S/C36H36Cl2N6O12S2/c1-23-5-9-27(19-29(23)43(47)48)57(51,52)41(31-17-25(37)7-11-33(31)55-3)21-35(45)39-13-15-40(16-14-39)36(46)22-42(32-18-26(38)8-12-34(32)56-4)58(53,54)28-10-6-24(2)30(20-28)44(49)50/h5-12,17-20H,13-16,21-22H2,1-4H3. The van der Waals surface area contributed by atoms with Crippen LogP contribution in [0.2, 0.25) is 10.0 Å². The average Bonchev–Trinajstić information content (AvgIpc) is 3.18. The van der Waals surface area contributed by atoms with Crippen molar-refractivity contribution in [1.29, 1.82) is 0 Å². The number of nitrogens with zero attached hydrogens (tertiary/aromatic N) is 6. The summed E-state index contributed by atoms with van der Waals surface area (Å²) in [6.45, 7) is 0.912. The van der Waals surface area contributed by atoms with Gasteiger partial charge in [-0.05, 0) is 62.4 Å². The zero-order valence-corrected chi connectivity index (χ0v) is 34.5. The van der Waals surface area contributed by atoms with E-state index >= 15 is 0 Å². The normalized spacial score (nSPS) is 13.1. The second-order valence-electron chi connectivity index (χ2n) is 12.8. The molecule has 0 atom stereocenters. The highest BCUT2D eigenvalue weighted by Crippen LogP contribution is 2.38. The minimum absolute atomic E-state index is 0.0360. The van der Waals surface area contributed by atoms with E-state index in [4.69, 9.17) is 32.7 Å². The zero-order chi connectivity index (χ0) is 42.7. The van der Waals surface area contributed by atoms with Gasteiger partial charge >= 0.3 is 0 Å². The summed E-state index contributed by atoms with van der Waals surface area (Å²) in [4.78, 5) is 51.4. The Kier molecular flexibility index (Phi) is 13.0. The molecule has 2 amide bonds. The van der Waals surface area contributed by atoms with Crippen LogP contribution in [-0.2, 0) is 29.6 Å². The summed E-state index contributed by atoms with van der Waals surface area (Å²) in [5.41, 5.74) is -0.705. The third kappa shape index (κ3) is 9.04. The van der Waals surface area contributed by atoms with Gasteiger partial charge in [0.2, 0.25) is 11.8 Å². The number of carbonyl (C=O) groups excluding carboxylic acids is 2. The molecule has 0 unspecified atom stereocenters. The molecule has 0 aliphatic carbocycles. The molecule has 22 heteroatoms. The summed E-state index contributed by atoms with van der Waals surface area (Å²) in [5, 5.41) is 23.6. The Hall–Kier alpha value is -5.70. The largest absolute Gasteiger partial charge is 0.495 e. The van der Waals surface area contributed by atoms with E-state index in [9.17, 15) is 46.7 Å². The van der Waals surface area contributed by atoms with Crippen molar-refractivity contribution in [2.75, 3.05) is 62.1 Å². The molecule has 4 aromatic carbocycles. The van der Waals surface area contributed by atoms with E-state index in [1.54, 1.807) is 0 Å². The van der Waals surface area contributed by atoms with Crippen LogP contribution in [0.1, 0.15) is 11.1 Å². The highest BCUT2D eigenvalue weighted by Gasteiger charge is 2.36. The van der Waals surface area contributed by atoms with E-state index in [-0.39, 0.29) is 70.2 Å². The van der Waals surface area contributed by atoms with Crippen molar-refractivity contribution < 1.29 is 45.7 Å². The summed E-state index contributed by atoms with van der Waals surface area (Å²) < 4.78 is 68.9. The Morgan fingerprint density at radius 2 is 0.983 bits per heavy atom. The highest BCUT2D eigenvalue weighted by molar-refractivity contribution is 7.93. The van der Waals surface area contributed by atoms with E-state index in [1.165, 1.54) is 98.5 Å². The predicted molar refractivity (Wildman–Crippen MR) is 214 cm³/mol. The molecule has 18 nitrogen and oxygen atoms in total. The molecule has 5 rings (SSSR count). The molecule has 0 spiro atoms. The molecular weight excluding hydrogens is 843 g/mol. The lowest BCUT2D eigenvalue weighted by molar-refractivity contribution is -0.385. The van der Waals surface area contributed by atoms with E-state index in [1.807, 2.05) is 0 Å². The summed E-state index contributed by atoms with van der Waals surface area (Å²) in [5.74, 6) is -1.33. The van der Waals surface area contributed by atoms with Crippen molar-refractivity contribution >= 4 is 77.8 Å². The van der Waals surface area contributed by atoms with Gasteiger partial charge in [-0.2, -0.15) is 0 Å². The van der Waals surface area contributed by atoms with Crippen LogP contribution >= 0.6 is 23.2 Å². The van der Waals surface area contributed by atoms with Crippen molar-refractivity contribution in [3.8, 4) is 11.5 Å². The molecule has 0 aromatic heterocycles. The summed E-state index contributed by atoms with van der Waals surface area (Å²) in [7, 11) is -6.77. The maximum atomic E-state index is 14.2. The van der Waals surface area contributed by atoms with Gasteiger partial charge < -0.3 is 19.3 Å². The Bertz CT molecular complexity index is 2340. The van der Waals surface area contributed by atoms with Gasteiger partial charge in [-0.1, -0.05) is 35.3 Å². The van der Waals surface area contributed by atoms with E-state index in [2.05, 4.69) is 0 Å². The minimum atomic E-state index is -4.67. The Balaban J connectivity index is 1.41. The number of hydrogen-bond acceptors (Lipinski definition) is 12. The van der Waals surface area contributed by atoms with Gasteiger partial charge in [-0.15, -0.1) is 0 Å². The molecule has 0 saturated carbocycles. The third-order valence-electron chi connectivity index (χ3n) is 9.29. The molecule has 4 aromatic rings. The molecule has 0 radical (unpaired) electrons. The molecule has 1 aliphatic rings. The molecule has 0 N–H and O–H groups in total. The fraction of sp³-hybridized carbons (Fsp3) is 0.278. The zero-order valence-electron chi connectivity index (χ0n) is 31.3. The van der Waals surface area contributed by atoms with Gasteiger partial charge in [0.1, 0.15) is 24.6 Å². The fourth-order valence-corrected chi connectivity index (χ4v) is 9.32. The maximum Gasteiger partial charge on any atom is 0.273 e. The summed E-state index contributed by atoms with van der Waals surface area (Å²) in [6, 6.07) is 14.9. The number of rotatable bonds is 14. The number of carbonyl (C=O) groups is 2. The van der Waals surface area contributed by atoms with Gasteiger partial charge in [0.25, 0.3) is 31.4 Å². The fourth-order valence-electron chi connectivity index (χ4n) is 6.11. The second-order valence-corrected chi connectivity index (χ2v) is 17.4. The molecular formula is C36H36Cl2N6O12S2. The van der Waals surface area contributed by atoms with Gasteiger partial charge in [-0.25, -0.2) is 16.8 Å². The first-order valence-corrected chi connectivity index (χ1v) is 20.7. The molecule has 1 aliphatic heterocycles. The van der Waals surface area contributed by atoms with Crippen LogP contribution in [-0.4, -0.2) is 102 Å². The summed E-state index contributed by atoms with van der Waals surface area (Å²) in [6.07, 6.45) is 0. The number of nitro groups is 2. The van der Waals surface area contributed by atoms with Crippen molar-refractivity contribution in [3.05, 3.63) is 114 Å². The number of nitro benzene ring substituents is 2. The maximum absolute atomic E-state index is 14.2. The Morgan fingerprint density at radius 3 is 1.29 bits per heavy atom.